The average Bonchev–Trinajstić information content (AvgIpc) is 2.38. The summed E-state index contributed by atoms with van der Waals surface area (Å²) in [6.07, 6.45) is 0.210. The van der Waals surface area contributed by atoms with Gasteiger partial charge in [-0.3, -0.25) is 4.90 Å². The van der Waals surface area contributed by atoms with Crippen LogP contribution >= 0.6 is 0 Å². The van der Waals surface area contributed by atoms with Crippen molar-refractivity contribution in [1.29, 1.82) is 0 Å². The molecule has 3 heteroatoms. The fourth-order valence-corrected chi connectivity index (χ4v) is 1.94. The summed E-state index contributed by atoms with van der Waals surface area (Å²) in [5, 5.41) is 3.35. The summed E-state index contributed by atoms with van der Waals surface area (Å²) in [4.78, 5) is 2.37. The molecule has 1 atom stereocenters. The van der Waals surface area contributed by atoms with Crippen LogP contribution in [0.1, 0.15) is 12.5 Å². The summed E-state index contributed by atoms with van der Waals surface area (Å²) < 4.78 is 5.87. The molecule has 1 aromatic carbocycles. The van der Waals surface area contributed by atoms with Crippen molar-refractivity contribution < 1.29 is 4.74 Å². The van der Waals surface area contributed by atoms with E-state index in [4.69, 9.17) is 4.74 Å². The number of benzene rings is 1. The van der Waals surface area contributed by atoms with E-state index < -0.39 is 0 Å². The lowest BCUT2D eigenvalue weighted by Crippen LogP contribution is -2.48. The van der Waals surface area contributed by atoms with E-state index in [1.165, 1.54) is 5.56 Å². The minimum Gasteiger partial charge on any atom is -0.359 e. The molecular formula is C13H20N2O. The lowest BCUT2D eigenvalue weighted by Gasteiger charge is -2.32. The Morgan fingerprint density at radius 3 is 2.62 bits per heavy atom. The highest BCUT2D eigenvalue weighted by Crippen LogP contribution is 2.07. The number of hydrogen-bond donors (Lipinski definition) is 1. The van der Waals surface area contributed by atoms with Crippen LogP contribution in [0.5, 0.6) is 0 Å². The standard InChI is InChI=1S/C13H20N2O/c1-12(15-9-7-14-8-10-15)16-11-13-5-3-2-4-6-13/h2-6,12,14H,7-11H2,1H3. The minimum absolute atomic E-state index is 0.210. The molecule has 0 aliphatic carbocycles. The van der Waals surface area contributed by atoms with Crippen LogP contribution in [-0.4, -0.2) is 37.3 Å². The van der Waals surface area contributed by atoms with Crippen LogP contribution in [0.25, 0.3) is 0 Å². The quantitative estimate of drug-likeness (QED) is 0.831. The van der Waals surface area contributed by atoms with E-state index in [9.17, 15) is 0 Å². The second-order valence-corrected chi connectivity index (χ2v) is 4.18. The third-order valence-corrected chi connectivity index (χ3v) is 3.00. The van der Waals surface area contributed by atoms with Crippen molar-refractivity contribution in [3.63, 3.8) is 0 Å². The molecule has 0 bridgehead atoms. The van der Waals surface area contributed by atoms with Gasteiger partial charge in [0.25, 0.3) is 0 Å². The van der Waals surface area contributed by atoms with Crippen molar-refractivity contribution >= 4 is 0 Å². The number of nitrogens with zero attached hydrogens (tertiary/aromatic N) is 1. The van der Waals surface area contributed by atoms with Crippen molar-refractivity contribution in [1.82, 2.24) is 10.2 Å². The molecule has 2 rings (SSSR count). The van der Waals surface area contributed by atoms with Crippen molar-refractivity contribution in [2.75, 3.05) is 26.2 Å². The normalized spacial score (nSPS) is 19.6. The minimum atomic E-state index is 0.210. The first-order valence-corrected chi connectivity index (χ1v) is 5.96. The van der Waals surface area contributed by atoms with Crippen LogP contribution in [-0.2, 0) is 11.3 Å². The Kier molecular flexibility index (Phi) is 4.34. The Hall–Kier alpha value is -0.900. The van der Waals surface area contributed by atoms with Crippen LogP contribution in [0.3, 0.4) is 0 Å². The van der Waals surface area contributed by atoms with E-state index in [2.05, 4.69) is 29.3 Å². The van der Waals surface area contributed by atoms with Crippen LogP contribution < -0.4 is 5.32 Å². The average molecular weight is 220 g/mol. The maximum atomic E-state index is 5.87. The number of nitrogens with one attached hydrogen (secondary N) is 1. The number of piperazine rings is 1. The molecule has 1 N–H and O–H groups in total. The smallest absolute Gasteiger partial charge is 0.108 e. The third-order valence-electron chi connectivity index (χ3n) is 3.00. The van der Waals surface area contributed by atoms with Gasteiger partial charge in [0.15, 0.2) is 0 Å². The van der Waals surface area contributed by atoms with Gasteiger partial charge in [0.1, 0.15) is 6.23 Å². The van der Waals surface area contributed by atoms with Gasteiger partial charge in [-0.15, -0.1) is 0 Å². The van der Waals surface area contributed by atoms with Gasteiger partial charge in [-0.25, -0.2) is 0 Å². The van der Waals surface area contributed by atoms with E-state index in [1.54, 1.807) is 0 Å². The van der Waals surface area contributed by atoms with Crippen molar-refractivity contribution in [2.24, 2.45) is 0 Å². The molecule has 1 unspecified atom stereocenters. The van der Waals surface area contributed by atoms with E-state index in [0.717, 1.165) is 26.2 Å². The molecule has 0 spiro atoms. The van der Waals surface area contributed by atoms with Crippen LogP contribution in [0, 0.1) is 0 Å². The largest absolute Gasteiger partial charge is 0.359 e. The van der Waals surface area contributed by atoms with Gasteiger partial charge < -0.3 is 10.1 Å². The Balaban J connectivity index is 1.76. The molecule has 0 saturated carbocycles. The zero-order chi connectivity index (χ0) is 11.2. The van der Waals surface area contributed by atoms with Gasteiger partial charge in [0, 0.05) is 26.2 Å². The lowest BCUT2D eigenvalue weighted by molar-refractivity contribution is -0.0607. The molecule has 1 aromatic rings. The van der Waals surface area contributed by atoms with Crippen molar-refractivity contribution in [2.45, 2.75) is 19.8 Å². The molecule has 0 radical (unpaired) electrons. The van der Waals surface area contributed by atoms with Gasteiger partial charge in [0.05, 0.1) is 6.61 Å². The SMILES string of the molecule is CC(OCc1ccccc1)N1CCNCC1. The zero-order valence-corrected chi connectivity index (χ0v) is 9.86. The number of hydrogen-bond acceptors (Lipinski definition) is 3. The first-order valence-electron chi connectivity index (χ1n) is 5.96. The monoisotopic (exact) mass is 220 g/mol. The maximum Gasteiger partial charge on any atom is 0.108 e. The third kappa shape index (κ3) is 3.30. The maximum absolute atomic E-state index is 5.87. The van der Waals surface area contributed by atoms with Crippen LogP contribution in [0.4, 0.5) is 0 Å². The number of rotatable bonds is 4. The predicted molar refractivity (Wildman–Crippen MR) is 65.1 cm³/mol. The van der Waals surface area contributed by atoms with E-state index in [1.807, 2.05) is 18.2 Å². The molecule has 3 nitrogen and oxygen atoms in total. The number of ether oxygens (including phenoxy) is 1. The first kappa shape index (κ1) is 11.6. The second-order valence-electron chi connectivity index (χ2n) is 4.18. The first-order chi connectivity index (χ1) is 7.86. The lowest BCUT2D eigenvalue weighted by atomic mass is 10.2. The highest BCUT2D eigenvalue weighted by molar-refractivity contribution is 5.13. The van der Waals surface area contributed by atoms with E-state index >= 15 is 0 Å². The van der Waals surface area contributed by atoms with Gasteiger partial charge in [-0.1, -0.05) is 30.3 Å². The van der Waals surface area contributed by atoms with Gasteiger partial charge >= 0.3 is 0 Å². The molecule has 1 fully saturated rings. The summed E-state index contributed by atoms with van der Waals surface area (Å²) in [5.41, 5.74) is 1.24. The molecule has 1 aliphatic heterocycles. The van der Waals surface area contributed by atoms with Crippen LogP contribution in [0.15, 0.2) is 30.3 Å². The molecule has 1 aliphatic rings. The molecule has 0 amide bonds. The zero-order valence-electron chi connectivity index (χ0n) is 9.86. The Morgan fingerprint density at radius 2 is 1.94 bits per heavy atom. The molecule has 0 aromatic heterocycles. The molecule has 88 valence electrons. The molecule has 16 heavy (non-hydrogen) atoms. The van der Waals surface area contributed by atoms with Gasteiger partial charge in [-0.2, -0.15) is 0 Å². The van der Waals surface area contributed by atoms with Gasteiger partial charge in [-0.05, 0) is 12.5 Å². The summed E-state index contributed by atoms with van der Waals surface area (Å²) in [5.74, 6) is 0. The molecule has 1 saturated heterocycles. The van der Waals surface area contributed by atoms with Crippen molar-refractivity contribution in [3.8, 4) is 0 Å². The predicted octanol–water partition coefficient (Wildman–Crippen LogP) is 1.45. The Labute approximate surface area is 97.4 Å². The highest BCUT2D eigenvalue weighted by atomic mass is 16.5. The molecular weight excluding hydrogens is 200 g/mol. The van der Waals surface area contributed by atoms with E-state index in [-0.39, 0.29) is 6.23 Å². The van der Waals surface area contributed by atoms with Crippen molar-refractivity contribution in [3.05, 3.63) is 35.9 Å². The topological polar surface area (TPSA) is 24.5 Å². The Bertz CT molecular complexity index is 296. The molecule has 1 heterocycles. The Morgan fingerprint density at radius 1 is 1.25 bits per heavy atom. The summed E-state index contributed by atoms with van der Waals surface area (Å²) >= 11 is 0. The fourth-order valence-electron chi connectivity index (χ4n) is 1.94. The second kappa shape index (κ2) is 5.99. The summed E-state index contributed by atoms with van der Waals surface area (Å²) in [7, 11) is 0. The summed E-state index contributed by atoms with van der Waals surface area (Å²) in [6, 6.07) is 10.3. The highest BCUT2D eigenvalue weighted by Gasteiger charge is 2.16. The van der Waals surface area contributed by atoms with E-state index in [0.29, 0.717) is 6.61 Å². The van der Waals surface area contributed by atoms with Gasteiger partial charge in [0.2, 0.25) is 0 Å². The van der Waals surface area contributed by atoms with Crippen LogP contribution in [0.2, 0.25) is 0 Å². The summed E-state index contributed by atoms with van der Waals surface area (Å²) in [6.45, 7) is 7.13. The fraction of sp³-hybridized carbons (Fsp3) is 0.538.